The minimum atomic E-state index is -0.397. The number of nitrogens with one attached hydrogen (secondary N) is 2. The number of nitrogens with zero attached hydrogens (tertiary/aromatic N) is 1. The van der Waals surface area contributed by atoms with Gasteiger partial charge in [0.05, 0.1) is 5.69 Å². The molecule has 3 aromatic rings. The third-order valence-electron chi connectivity index (χ3n) is 4.19. The molecule has 1 heterocycles. The standard InChI is InChI=1S/C20H21N3O3/c1-3-23(4-2)20(25)26-15-10-8-14(9-11-15)19(24)22-18-7-5-6-17-16(18)12-13-21-17/h5-13,21H,3-4H2,1-2H3,(H,22,24). The van der Waals surface area contributed by atoms with Crippen LogP contribution in [0, 0.1) is 0 Å². The second-order valence-corrected chi connectivity index (χ2v) is 5.76. The van der Waals surface area contributed by atoms with Gasteiger partial charge in [0.15, 0.2) is 0 Å². The molecule has 3 rings (SSSR count). The van der Waals surface area contributed by atoms with Crippen molar-refractivity contribution >= 4 is 28.6 Å². The van der Waals surface area contributed by atoms with E-state index in [0.717, 1.165) is 16.6 Å². The first kappa shape index (κ1) is 17.5. The highest BCUT2D eigenvalue weighted by Crippen LogP contribution is 2.23. The summed E-state index contributed by atoms with van der Waals surface area (Å²) in [5.74, 6) is 0.187. The van der Waals surface area contributed by atoms with E-state index in [2.05, 4.69) is 10.3 Å². The number of hydrogen-bond acceptors (Lipinski definition) is 3. The van der Waals surface area contributed by atoms with Crippen molar-refractivity contribution in [2.24, 2.45) is 0 Å². The highest BCUT2D eigenvalue weighted by Gasteiger charge is 2.13. The summed E-state index contributed by atoms with van der Waals surface area (Å²) < 4.78 is 5.31. The lowest BCUT2D eigenvalue weighted by Gasteiger charge is -2.17. The lowest BCUT2D eigenvalue weighted by Crippen LogP contribution is -2.33. The highest BCUT2D eigenvalue weighted by molar-refractivity contribution is 6.08. The Morgan fingerprint density at radius 3 is 2.46 bits per heavy atom. The molecule has 0 aliphatic rings. The van der Waals surface area contributed by atoms with Crippen molar-refractivity contribution in [3.05, 3.63) is 60.3 Å². The van der Waals surface area contributed by atoms with Gasteiger partial charge in [0.25, 0.3) is 5.91 Å². The number of benzene rings is 2. The maximum absolute atomic E-state index is 12.5. The lowest BCUT2D eigenvalue weighted by molar-refractivity contribution is 0.102. The van der Waals surface area contributed by atoms with Crippen molar-refractivity contribution in [3.63, 3.8) is 0 Å². The van der Waals surface area contributed by atoms with Gasteiger partial charge in [-0.3, -0.25) is 4.79 Å². The van der Waals surface area contributed by atoms with E-state index in [1.807, 2.05) is 44.3 Å². The van der Waals surface area contributed by atoms with Gasteiger partial charge in [-0.1, -0.05) is 6.07 Å². The Bertz CT molecular complexity index is 911. The molecule has 0 aliphatic carbocycles. The second kappa shape index (κ2) is 7.74. The lowest BCUT2D eigenvalue weighted by atomic mass is 10.1. The van der Waals surface area contributed by atoms with Crippen LogP contribution in [0.15, 0.2) is 54.7 Å². The Morgan fingerprint density at radius 1 is 1.04 bits per heavy atom. The number of carbonyl (C=O) groups is 2. The van der Waals surface area contributed by atoms with Gasteiger partial charge in [-0.25, -0.2) is 4.79 Å². The van der Waals surface area contributed by atoms with Gasteiger partial charge in [-0.2, -0.15) is 0 Å². The van der Waals surface area contributed by atoms with Gasteiger partial charge < -0.3 is 19.9 Å². The molecule has 1 aromatic heterocycles. The quantitative estimate of drug-likeness (QED) is 0.721. The molecule has 0 saturated heterocycles. The van der Waals surface area contributed by atoms with Crippen LogP contribution in [0.5, 0.6) is 5.75 Å². The number of H-pyrrole nitrogens is 1. The van der Waals surface area contributed by atoms with E-state index in [-0.39, 0.29) is 5.91 Å². The minimum absolute atomic E-state index is 0.222. The molecule has 0 bridgehead atoms. The highest BCUT2D eigenvalue weighted by atomic mass is 16.6. The molecule has 2 amide bonds. The van der Waals surface area contributed by atoms with Crippen LogP contribution in [0.3, 0.4) is 0 Å². The summed E-state index contributed by atoms with van der Waals surface area (Å²) in [6.07, 6.45) is 1.44. The second-order valence-electron chi connectivity index (χ2n) is 5.76. The largest absolute Gasteiger partial charge is 0.415 e. The van der Waals surface area contributed by atoms with Crippen LogP contribution in [0.4, 0.5) is 10.5 Å². The topological polar surface area (TPSA) is 74.4 Å². The maximum Gasteiger partial charge on any atom is 0.415 e. The van der Waals surface area contributed by atoms with Crippen molar-refractivity contribution < 1.29 is 14.3 Å². The number of aromatic amines is 1. The van der Waals surface area contributed by atoms with Crippen molar-refractivity contribution in [2.45, 2.75) is 13.8 Å². The van der Waals surface area contributed by atoms with E-state index in [1.165, 1.54) is 0 Å². The molecule has 0 aliphatic heterocycles. The van der Waals surface area contributed by atoms with Gasteiger partial charge in [0.1, 0.15) is 5.75 Å². The first-order chi connectivity index (χ1) is 12.6. The number of aromatic nitrogens is 1. The zero-order chi connectivity index (χ0) is 18.5. The molecule has 2 aromatic carbocycles. The van der Waals surface area contributed by atoms with Gasteiger partial charge in [0.2, 0.25) is 0 Å². The fraction of sp³-hybridized carbons (Fsp3) is 0.200. The van der Waals surface area contributed by atoms with Crippen molar-refractivity contribution in [1.29, 1.82) is 0 Å². The number of fused-ring (bicyclic) bond motifs is 1. The van der Waals surface area contributed by atoms with Crippen LogP contribution in [0.25, 0.3) is 10.9 Å². The molecule has 6 heteroatoms. The number of ether oxygens (including phenoxy) is 1. The van der Waals surface area contributed by atoms with Crippen LogP contribution in [0.2, 0.25) is 0 Å². The number of amides is 2. The third kappa shape index (κ3) is 3.69. The number of carbonyl (C=O) groups excluding carboxylic acids is 2. The van der Waals surface area contributed by atoms with Gasteiger partial charge in [0, 0.05) is 35.8 Å². The average Bonchev–Trinajstić information content (AvgIpc) is 3.13. The molecule has 0 atom stereocenters. The summed E-state index contributed by atoms with van der Waals surface area (Å²) in [6, 6.07) is 14.1. The fourth-order valence-corrected chi connectivity index (χ4v) is 2.71. The molecule has 6 nitrogen and oxygen atoms in total. The third-order valence-corrected chi connectivity index (χ3v) is 4.19. The normalized spacial score (nSPS) is 10.5. The van der Waals surface area contributed by atoms with E-state index in [1.54, 1.807) is 29.2 Å². The molecular formula is C20H21N3O3. The molecule has 0 saturated carbocycles. The van der Waals surface area contributed by atoms with Gasteiger partial charge in [-0.05, 0) is 56.3 Å². The minimum Gasteiger partial charge on any atom is -0.410 e. The number of anilines is 1. The zero-order valence-corrected chi connectivity index (χ0v) is 14.8. The van der Waals surface area contributed by atoms with E-state index in [9.17, 15) is 9.59 Å². The monoisotopic (exact) mass is 351 g/mol. The summed E-state index contributed by atoms with van der Waals surface area (Å²) in [5, 5.41) is 3.86. The molecular weight excluding hydrogens is 330 g/mol. The van der Waals surface area contributed by atoms with Crippen LogP contribution < -0.4 is 10.1 Å². The summed E-state index contributed by atoms with van der Waals surface area (Å²) in [7, 11) is 0. The van der Waals surface area contributed by atoms with E-state index >= 15 is 0 Å². The Hall–Kier alpha value is -3.28. The number of hydrogen-bond donors (Lipinski definition) is 2. The molecule has 0 fully saturated rings. The predicted octanol–water partition coefficient (Wildman–Crippen LogP) is 4.26. The van der Waals surface area contributed by atoms with E-state index in [0.29, 0.717) is 24.4 Å². The van der Waals surface area contributed by atoms with Crippen LogP contribution in [-0.4, -0.2) is 35.0 Å². The van der Waals surface area contributed by atoms with E-state index < -0.39 is 6.09 Å². The Balaban J connectivity index is 1.69. The number of rotatable bonds is 5. The molecule has 26 heavy (non-hydrogen) atoms. The van der Waals surface area contributed by atoms with Crippen molar-refractivity contribution in [1.82, 2.24) is 9.88 Å². The first-order valence-electron chi connectivity index (χ1n) is 8.56. The summed E-state index contributed by atoms with van der Waals surface area (Å²) in [6.45, 7) is 4.95. The molecule has 0 spiro atoms. The summed E-state index contributed by atoms with van der Waals surface area (Å²) in [5.41, 5.74) is 2.19. The van der Waals surface area contributed by atoms with Gasteiger partial charge in [-0.15, -0.1) is 0 Å². The van der Waals surface area contributed by atoms with Crippen molar-refractivity contribution in [2.75, 3.05) is 18.4 Å². The Labute approximate surface area is 151 Å². The summed E-state index contributed by atoms with van der Waals surface area (Å²) >= 11 is 0. The smallest absolute Gasteiger partial charge is 0.410 e. The fourth-order valence-electron chi connectivity index (χ4n) is 2.71. The van der Waals surface area contributed by atoms with Crippen LogP contribution in [0.1, 0.15) is 24.2 Å². The zero-order valence-electron chi connectivity index (χ0n) is 14.8. The summed E-state index contributed by atoms with van der Waals surface area (Å²) in [4.78, 5) is 29.1. The average molecular weight is 351 g/mol. The molecule has 0 unspecified atom stereocenters. The van der Waals surface area contributed by atoms with Crippen LogP contribution in [-0.2, 0) is 0 Å². The maximum atomic E-state index is 12.5. The Morgan fingerprint density at radius 2 is 1.77 bits per heavy atom. The first-order valence-corrected chi connectivity index (χ1v) is 8.56. The SMILES string of the molecule is CCN(CC)C(=O)Oc1ccc(C(=O)Nc2cccc3[nH]ccc23)cc1. The Kier molecular flexibility index (Phi) is 5.22. The van der Waals surface area contributed by atoms with Crippen molar-refractivity contribution in [3.8, 4) is 5.75 Å². The van der Waals surface area contributed by atoms with Gasteiger partial charge >= 0.3 is 6.09 Å². The van der Waals surface area contributed by atoms with Crippen LogP contribution >= 0.6 is 0 Å². The molecule has 134 valence electrons. The molecule has 2 N–H and O–H groups in total. The van der Waals surface area contributed by atoms with E-state index in [4.69, 9.17) is 4.74 Å². The predicted molar refractivity (Wildman–Crippen MR) is 102 cm³/mol. The molecule has 0 radical (unpaired) electrons.